The van der Waals surface area contributed by atoms with Gasteiger partial charge in [0.05, 0.1) is 11.4 Å². The van der Waals surface area contributed by atoms with E-state index in [4.69, 9.17) is 0 Å². The average molecular weight is 206 g/mol. The Labute approximate surface area is 93.0 Å². The van der Waals surface area contributed by atoms with Crippen molar-refractivity contribution in [3.05, 3.63) is 53.7 Å². The molecule has 2 heterocycles. The van der Waals surface area contributed by atoms with Crippen LogP contribution in [0.4, 0.5) is 0 Å². The van der Waals surface area contributed by atoms with Gasteiger partial charge in [0.15, 0.2) is 0 Å². The van der Waals surface area contributed by atoms with Crippen molar-refractivity contribution >= 4 is 10.9 Å². The number of aromatic nitrogens is 2. The van der Waals surface area contributed by atoms with Crippen LogP contribution >= 0.6 is 0 Å². The van der Waals surface area contributed by atoms with Crippen LogP contribution in [0.25, 0.3) is 22.3 Å². The number of hydrogen-bond acceptors (Lipinski definition) is 1. The highest BCUT2D eigenvalue weighted by molar-refractivity contribution is 5.93. The maximum absolute atomic E-state index is 4.46. The quantitative estimate of drug-likeness (QED) is 0.470. The Morgan fingerprint density at radius 3 is 3.00 bits per heavy atom. The minimum Gasteiger partial charge on any atom is -0.353 e. The second kappa shape index (κ2) is 2.73. The fourth-order valence-corrected chi connectivity index (χ4v) is 2.58. The van der Waals surface area contributed by atoms with E-state index >= 15 is 0 Å². The van der Waals surface area contributed by atoms with Crippen molar-refractivity contribution in [3.63, 3.8) is 0 Å². The molecule has 1 aliphatic carbocycles. The van der Waals surface area contributed by atoms with Crippen molar-refractivity contribution in [1.29, 1.82) is 0 Å². The van der Waals surface area contributed by atoms with Gasteiger partial charge in [-0.2, -0.15) is 0 Å². The molecule has 2 aromatic heterocycles. The summed E-state index contributed by atoms with van der Waals surface area (Å²) < 4.78 is 0. The Kier molecular flexibility index (Phi) is 1.38. The molecule has 0 atom stereocenters. The second-order valence-electron chi connectivity index (χ2n) is 4.21. The van der Waals surface area contributed by atoms with Gasteiger partial charge in [-0.25, -0.2) is 0 Å². The molecule has 0 saturated carbocycles. The zero-order valence-electron chi connectivity index (χ0n) is 8.70. The van der Waals surface area contributed by atoms with E-state index in [1.807, 2.05) is 12.3 Å². The lowest BCUT2D eigenvalue weighted by Crippen LogP contribution is -1.84. The molecule has 0 amide bonds. The predicted molar refractivity (Wildman–Crippen MR) is 64.3 cm³/mol. The third kappa shape index (κ3) is 0.890. The molecule has 1 aliphatic rings. The number of pyridine rings is 1. The molecule has 0 spiro atoms. The Bertz CT molecular complexity index is 695. The summed E-state index contributed by atoms with van der Waals surface area (Å²) in [6.07, 6.45) is 2.86. The summed E-state index contributed by atoms with van der Waals surface area (Å²) in [6, 6.07) is 12.6. The van der Waals surface area contributed by atoms with Crippen LogP contribution in [0.1, 0.15) is 11.1 Å². The first-order valence-corrected chi connectivity index (χ1v) is 5.47. The number of fused-ring (bicyclic) bond motifs is 5. The van der Waals surface area contributed by atoms with Gasteiger partial charge in [0, 0.05) is 23.5 Å². The molecule has 0 unspecified atom stereocenters. The van der Waals surface area contributed by atoms with Crippen LogP contribution in [-0.4, -0.2) is 9.97 Å². The highest BCUT2D eigenvalue weighted by Crippen LogP contribution is 2.38. The largest absolute Gasteiger partial charge is 0.353 e. The van der Waals surface area contributed by atoms with Gasteiger partial charge in [0.1, 0.15) is 0 Å². The molecule has 1 N–H and O–H groups in total. The van der Waals surface area contributed by atoms with Crippen LogP contribution in [-0.2, 0) is 6.42 Å². The molecule has 2 nitrogen and oxygen atoms in total. The Balaban J connectivity index is 2.12. The molecule has 16 heavy (non-hydrogen) atoms. The van der Waals surface area contributed by atoms with E-state index in [0.717, 1.165) is 12.1 Å². The molecular formula is C14H10N2. The summed E-state index contributed by atoms with van der Waals surface area (Å²) in [5.41, 5.74) is 6.26. The molecule has 3 aromatic rings. The standard InChI is InChI=1S/C14H10N2/c1-2-6-12-10(5-1)11-8-9-4-3-7-15-13(9)14(11)16-12/h1-7,16H,8H2. The number of para-hydroxylation sites is 1. The van der Waals surface area contributed by atoms with E-state index in [1.54, 1.807) is 0 Å². The van der Waals surface area contributed by atoms with Crippen molar-refractivity contribution in [2.24, 2.45) is 0 Å². The number of nitrogens with one attached hydrogen (secondary N) is 1. The van der Waals surface area contributed by atoms with Gasteiger partial charge in [-0.05, 0) is 23.3 Å². The highest BCUT2D eigenvalue weighted by Gasteiger charge is 2.23. The number of rotatable bonds is 0. The van der Waals surface area contributed by atoms with Crippen molar-refractivity contribution in [3.8, 4) is 11.4 Å². The molecule has 76 valence electrons. The normalized spacial score (nSPS) is 12.8. The number of hydrogen-bond donors (Lipinski definition) is 1. The molecule has 2 heteroatoms. The van der Waals surface area contributed by atoms with Crippen LogP contribution in [0.3, 0.4) is 0 Å². The maximum Gasteiger partial charge on any atom is 0.0902 e. The van der Waals surface area contributed by atoms with Crippen LogP contribution in [0.15, 0.2) is 42.6 Å². The number of aromatic amines is 1. The molecule has 1 aromatic carbocycles. The van der Waals surface area contributed by atoms with Gasteiger partial charge >= 0.3 is 0 Å². The molecule has 0 saturated heterocycles. The zero-order valence-corrected chi connectivity index (χ0v) is 8.70. The van der Waals surface area contributed by atoms with E-state index in [2.05, 4.69) is 40.3 Å². The van der Waals surface area contributed by atoms with Crippen molar-refractivity contribution in [2.45, 2.75) is 6.42 Å². The Morgan fingerprint density at radius 2 is 2.00 bits per heavy atom. The average Bonchev–Trinajstić information content (AvgIpc) is 2.85. The third-order valence-electron chi connectivity index (χ3n) is 3.31. The maximum atomic E-state index is 4.46. The van der Waals surface area contributed by atoms with Crippen LogP contribution in [0.5, 0.6) is 0 Å². The highest BCUT2D eigenvalue weighted by atomic mass is 14.8. The van der Waals surface area contributed by atoms with E-state index in [-0.39, 0.29) is 0 Å². The van der Waals surface area contributed by atoms with Crippen molar-refractivity contribution < 1.29 is 0 Å². The topological polar surface area (TPSA) is 28.7 Å². The van der Waals surface area contributed by atoms with Crippen molar-refractivity contribution in [1.82, 2.24) is 9.97 Å². The fourth-order valence-electron chi connectivity index (χ4n) is 2.58. The van der Waals surface area contributed by atoms with Gasteiger partial charge in [0.25, 0.3) is 0 Å². The first-order chi connectivity index (χ1) is 7.93. The first kappa shape index (κ1) is 8.11. The van der Waals surface area contributed by atoms with Crippen molar-refractivity contribution in [2.75, 3.05) is 0 Å². The lowest BCUT2D eigenvalue weighted by Gasteiger charge is -1.96. The Hall–Kier alpha value is -2.09. The monoisotopic (exact) mass is 206 g/mol. The lowest BCUT2D eigenvalue weighted by molar-refractivity contribution is 1.23. The van der Waals surface area contributed by atoms with E-state index in [9.17, 15) is 0 Å². The second-order valence-corrected chi connectivity index (χ2v) is 4.21. The van der Waals surface area contributed by atoms with Gasteiger partial charge in [-0.3, -0.25) is 4.98 Å². The summed E-state index contributed by atoms with van der Waals surface area (Å²) in [4.78, 5) is 7.93. The van der Waals surface area contributed by atoms with Gasteiger partial charge in [-0.1, -0.05) is 24.3 Å². The molecule has 4 rings (SSSR count). The number of benzene rings is 1. The summed E-state index contributed by atoms with van der Waals surface area (Å²) >= 11 is 0. The predicted octanol–water partition coefficient (Wildman–Crippen LogP) is 3.13. The zero-order chi connectivity index (χ0) is 10.5. The van der Waals surface area contributed by atoms with Gasteiger partial charge < -0.3 is 4.98 Å². The molecule has 0 bridgehead atoms. The third-order valence-corrected chi connectivity index (χ3v) is 3.31. The summed E-state index contributed by atoms with van der Waals surface area (Å²) in [5, 5.41) is 1.33. The summed E-state index contributed by atoms with van der Waals surface area (Å²) in [6.45, 7) is 0. The Morgan fingerprint density at radius 1 is 1.06 bits per heavy atom. The molecule has 0 fully saturated rings. The minimum absolute atomic E-state index is 1.00. The summed E-state index contributed by atoms with van der Waals surface area (Å²) in [7, 11) is 0. The van der Waals surface area contributed by atoms with E-state index < -0.39 is 0 Å². The van der Waals surface area contributed by atoms with Gasteiger partial charge in [0.2, 0.25) is 0 Å². The molecule has 0 radical (unpaired) electrons. The lowest BCUT2D eigenvalue weighted by atomic mass is 10.1. The van der Waals surface area contributed by atoms with Gasteiger partial charge in [-0.15, -0.1) is 0 Å². The molecule has 0 aliphatic heterocycles. The SMILES string of the molecule is c1cnc2c(c1)Cc1c-2[nH]c2ccccc12. The van der Waals surface area contributed by atoms with Crippen LogP contribution < -0.4 is 0 Å². The molecular weight excluding hydrogens is 196 g/mol. The number of H-pyrrole nitrogens is 1. The van der Waals surface area contributed by atoms with Crippen LogP contribution in [0, 0.1) is 0 Å². The summed E-state index contributed by atoms with van der Waals surface area (Å²) in [5.74, 6) is 0. The fraction of sp³-hybridized carbons (Fsp3) is 0.0714. The minimum atomic E-state index is 1.00. The van der Waals surface area contributed by atoms with E-state index in [0.29, 0.717) is 0 Å². The number of nitrogens with zero attached hydrogens (tertiary/aromatic N) is 1. The van der Waals surface area contributed by atoms with Crippen LogP contribution in [0.2, 0.25) is 0 Å². The first-order valence-electron chi connectivity index (χ1n) is 5.47. The van der Waals surface area contributed by atoms with E-state index in [1.165, 1.54) is 27.7 Å². The smallest absolute Gasteiger partial charge is 0.0902 e.